The predicted molar refractivity (Wildman–Crippen MR) is 113 cm³/mol. The number of likely N-dealkylation sites (N-methyl/N-ethyl adjacent to an activating group) is 1. The fourth-order valence-electron chi connectivity index (χ4n) is 3.22. The summed E-state index contributed by atoms with van der Waals surface area (Å²) in [5.41, 5.74) is 2.02. The van der Waals surface area contributed by atoms with Gasteiger partial charge in [0.25, 0.3) is 0 Å². The van der Waals surface area contributed by atoms with Crippen LogP contribution in [-0.2, 0) is 4.79 Å². The van der Waals surface area contributed by atoms with Gasteiger partial charge in [0, 0.05) is 45.5 Å². The maximum atomic E-state index is 13.4. The standard InChI is InChI=1S/C21H34FN5O/c1-15(2)12-23-21(24-13-20(28)26(4)5)25-18-7-6-10-27(14-18)19-9-8-17(22)11-16(19)3/h8-9,11,15,18H,6-7,10,12-14H2,1-5H3,(H2,23,24,25). The van der Waals surface area contributed by atoms with Crippen LogP contribution in [-0.4, -0.2) is 63.1 Å². The van der Waals surface area contributed by atoms with Crippen LogP contribution in [0.25, 0.3) is 0 Å². The lowest BCUT2D eigenvalue weighted by atomic mass is 10.0. The number of aryl methyl sites for hydroxylation is 1. The number of carbonyl (C=O) groups excluding carboxylic acids is 1. The molecule has 1 heterocycles. The molecule has 28 heavy (non-hydrogen) atoms. The van der Waals surface area contributed by atoms with E-state index in [1.165, 1.54) is 6.07 Å². The summed E-state index contributed by atoms with van der Waals surface area (Å²) in [6.45, 7) is 8.89. The lowest BCUT2D eigenvalue weighted by Crippen LogP contribution is -2.52. The highest BCUT2D eigenvalue weighted by Crippen LogP contribution is 2.24. The summed E-state index contributed by atoms with van der Waals surface area (Å²) in [4.78, 5) is 20.2. The molecule has 0 radical (unpaired) electrons. The van der Waals surface area contributed by atoms with Crippen molar-refractivity contribution in [1.82, 2.24) is 15.5 Å². The number of hydrogen-bond donors (Lipinski definition) is 2. The Morgan fingerprint density at radius 2 is 2.14 bits per heavy atom. The minimum absolute atomic E-state index is 0.0298. The number of halogens is 1. The maximum Gasteiger partial charge on any atom is 0.243 e. The number of nitrogens with one attached hydrogen (secondary N) is 2. The van der Waals surface area contributed by atoms with Crippen LogP contribution in [0, 0.1) is 18.7 Å². The zero-order valence-corrected chi connectivity index (χ0v) is 17.8. The zero-order valence-electron chi connectivity index (χ0n) is 17.8. The number of carbonyl (C=O) groups is 1. The quantitative estimate of drug-likeness (QED) is 0.577. The van der Waals surface area contributed by atoms with Gasteiger partial charge in [-0.1, -0.05) is 13.8 Å². The minimum atomic E-state index is -0.203. The second kappa shape index (κ2) is 10.3. The lowest BCUT2D eigenvalue weighted by Gasteiger charge is -2.36. The van der Waals surface area contributed by atoms with Crippen molar-refractivity contribution in [3.05, 3.63) is 29.6 Å². The van der Waals surface area contributed by atoms with Crippen molar-refractivity contribution >= 4 is 17.6 Å². The van der Waals surface area contributed by atoms with Gasteiger partial charge < -0.3 is 20.4 Å². The second-order valence-electron chi connectivity index (χ2n) is 8.09. The predicted octanol–water partition coefficient (Wildman–Crippen LogP) is 2.38. The van der Waals surface area contributed by atoms with Crippen molar-refractivity contribution in [2.45, 2.75) is 39.7 Å². The number of guanidine groups is 1. The van der Waals surface area contributed by atoms with Crippen LogP contribution in [0.5, 0.6) is 0 Å². The van der Waals surface area contributed by atoms with E-state index >= 15 is 0 Å². The van der Waals surface area contributed by atoms with E-state index in [1.54, 1.807) is 25.1 Å². The third kappa shape index (κ3) is 6.69. The van der Waals surface area contributed by atoms with Crippen molar-refractivity contribution in [3.63, 3.8) is 0 Å². The largest absolute Gasteiger partial charge is 0.369 e. The third-order valence-corrected chi connectivity index (χ3v) is 4.81. The molecule has 1 fully saturated rings. The Morgan fingerprint density at radius 1 is 1.39 bits per heavy atom. The monoisotopic (exact) mass is 391 g/mol. The normalized spacial score (nSPS) is 17.6. The fraction of sp³-hybridized carbons (Fsp3) is 0.619. The molecular weight excluding hydrogens is 357 g/mol. The summed E-state index contributed by atoms with van der Waals surface area (Å²) in [5.74, 6) is 0.913. The highest BCUT2D eigenvalue weighted by atomic mass is 19.1. The van der Waals surface area contributed by atoms with Crippen molar-refractivity contribution in [1.29, 1.82) is 0 Å². The van der Waals surface area contributed by atoms with Crippen LogP contribution in [0.2, 0.25) is 0 Å². The Morgan fingerprint density at radius 3 is 2.79 bits per heavy atom. The van der Waals surface area contributed by atoms with Gasteiger partial charge in [-0.05, 0) is 49.4 Å². The number of hydrogen-bond acceptors (Lipinski definition) is 3. The summed E-state index contributed by atoms with van der Waals surface area (Å²) < 4.78 is 13.4. The smallest absolute Gasteiger partial charge is 0.243 e. The molecule has 0 aromatic heterocycles. The van der Waals surface area contributed by atoms with E-state index < -0.39 is 0 Å². The first-order chi connectivity index (χ1) is 13.3. The molecule has 6 nitrogen and oxygen atoms in total. The Bertz CT molecular complexity index is 689. The molecule has 1 unspecified atom stereocenters. The molecule has 1 atom stereocenters. The van der Waals surface area contributed by atoms with Crippen molar-refractivity contribution in [2.24, 2.45) is 10.9 Å². The van der Waals surface area contributed by atoms with Crippen molar-refractivity contribution in [2.75, 3.05) is 45.2 Å². The van der Waals surface area contributed by atoms with E-state index in [0.717, 1.165) is 43.7 Å². The fourth-order valence-corrected chi connectivity index (χ4v) is 3.22. The van der Waals surface area contributed by atoms with Gasteiger partial charge in [0.15, 0.2) is 5.96 Å². The second-order valence-corrected chi connectivity index (χ2v) is 8.09. The molecule has 1 aliphatic heterocycles. The Labute approximate surface area is 168 Å². The molecule has 1 aliphatic rings. The summed E-state index contributed by atoms with van der Waals surface area (Å²) >= 11 is 0. The van der Waals surface area contributed by atoms with Gasteiger partial charge in [-0.25, -0.2) is 9.38 Å². The summed E-state index contributed by atoms with van der Waals surface area (Å²) in [7, 11) is 3.47. The first-order valence-corrected chi connectivity index (χ1v) is 10.0. The van der Waals surface area contributed by atoms with Crippen molar-refractivity contribution < 1.29 is 9.18 Å². The van der Waals surface area contributed by atoms with Crippen LogP contribution in [0.4, 0.5) is 10.1 Å². The number of piperidine rings is 1. The lowest BCUT2D eigenvalue weighted by molar-refractivity contribution is -0.127. The molecule has 0 aliphatic carbocycles. The molecular formula is C21H34FN5O. The van der Waals surface area contributed by atoms with Crippen LogP contribution in [0.15, 0.2) is 23.2 Å². The van der Waals surface area contributed by atoms with Gasteiger partial charge in [-0.2, -0.15) is 0 Å². The number of anilines is 1. The van der Waals surface area contributed by atoms with Crippen molar-refractivity contribution in [3.8, 4) is 0 Å². The number of nitrogens with zero attached hydrogens (tertiary/aromatic N) is 3. The van der Waals surface area contributed by atoms with E-state index in [0.29, 0.717) is 11.9 Å². The molecule has 0 saturated carbocycles. The van der Waals surface area contributed by atoms with Crippen LogP contribution < -0.4 is 15.5 Å². The number of rotatable bonds is 6. The molecule has 7 heteroatoms. The summed E-state index contributed by atoms with van der Waals surface area (Å²) in [6.07, 6.45) is 2.07. The molecule has 0 spiro atoms. The average Bonchev–Trinajstić information content (AvgIpc) is 2.63. The zero-order chi connectivity index (χ0) is 20.7. The first kappa shape index (κ1) is 22.0. The van der Waals surface area contributed by atoms with Gasteiger partial charge in [0.1, 0.15) is 12.4 Å². The highest BCUT2D eigenvalue weighted by Gasteiger charge is 2.22. The summed E-state index contributed by atoms with van der Waals surface area (Å²) in [6, 6.07) is 5.17. The first-order valence-electron chi connectivity index (χ1n) is 10.0. The van der Waals surface area contributed by atoms with Gasteiger partial charge in [0.2, 0.25) is 5.91 Å². The van der Waals surface area contributed by atoms with E-state index in [1.807, 2.05) is 13.0 Å². The minimum Gasteiger partial charge on any atom is -0.369 e. The summed E-state index contributed by atoms with van der Waals surface area (Å²) in [5, 5.41) is 6.82. The van der Waals surface area contributed by atoms with Crippen LogP contribution in [0.3, 0.4) is 0 Å². The SMILES string of the molecule is Cc1cc(F)ccc1N1CCCC(NC(=NCC(=O)N(C)C)NCC(C)C)C1. The molecule has 1 aromatic carbocycles. The highest BCUT2D eigenvalue weighted by molar-refractivity contribution is 5.85. The van der Waals surface area contributed by atoms with E-state index in [9.17, 15) is 9.18 Å². The molecule has 1 aromatic rings. The van der Waals surface area contributed by atoms with E-state index in [2.05, 4.69) is 34.4 Å². The average molecular weight is 392 g/mol. The van der Waals surface area contributed by atoms with E-state index in [4.69, 9.17) is 0 Å². The van der Waals surface area contributed by atoms with Gasteiger partial charge in [0.05, 0.1) is 0 Å². The number of aliphatic imine (C=N–C) groups is 1. The van der Waals surface area contributed by atoms with Gasteiger partial charge >= 0.3 is 0 Å². The number of benzene rings is 1. The molecule has 0 bridgehead atoms. The molecule has 1 saturated heterocycles. The Hall–Kier alpha value is -2.31. The molecule has 156 valence electrons. The van der Waals surface area contributed by atoms with E-state index in [-0.39, 0.29) is 24.3 Å². The van der Waals surface area contributed by atoms with Crippen LogP contribution >= 0.6 is 0 Å². The molecule has 2 rings (SSSR count). The van der Waals surface area contributed by atoms with Gasteiger partial charge in [-0.3, -0.25) is 4.79 Å². The topological polar surface area (TPSA) is 60.0 Å². The third-order valence-electron chi connectivity index (χ3n) is 4.81. The maximum absolute atomic E-state index is 13.4. The Balaban J connectivity index is 2.05. The molecule has 1 amide bonds. The van der Waals surface area contributed by atoms with Crippen LogP contribution in [0.1, 0.15) is 32.3 Å². The Kier molecular flexibility index (Phi) is 8.08. The molecule has 2 N–H and O–H groups in total. The number of amides is 1. The van der Waals surface area contributed by atoms with Gasteiger partial charge in [-0.15, -0.1) is 0 Å².